The fourth-order valence-corrected chi connectivity index (χ4v) is 2.67. The van der Waals surface area contributed by atoms with Crippen molar-refractivity contribution in [1.82, 2.24) is 10.2 Å². The van der Waals surface area contributed by atoms with Gasteiger partial charge >= 0.3 is 0 Å². The third-order valence-electron chi connectivity index (χ3n) is 3.18. The number of rotatable bonds is 6. The molecule has 2 aromatic heterocycles. The standard InChI is InChI=1S/C16H15N3O3S/c1-21-13-5-3-2-4-12(13)17-14(20)6-7-15-18-19-16(22-15)11-8-9-23-10-11/h2-5,8-10H,6-7H2,1H3,(H,17,20). The predicted molar refractivity (Wildman–Crippen MR) is 87.6 cm³/mol. The summed E-state index contributed by atoms with van der Waals surface area (Å²) in [6.45, 7) is 0. The van der Waals surface area contributed by atoms with Crippen LogP contribution in [0.2, 0.25) is 0 Å². The number of thiophene rings is 1. The second-order valence-corrected chi connectivity index (χ2v) is 5.54. The lowest BCUT2D eigenvalue weighted by atomic mass is 10.2. The Morgan fingerprint density at radius 1 is 1.30 bits per heavy atom. The molecule has 0 fully saturated rings. The van der Waals surface area contributed by atoms with E-state index in [1.54, 1.807) is 30.6 Å². The quantitative estimate of drug-likeness (QED) is 0.750. The molecule has 0 aliphatic heterocycles. The van der Waals surface area contributed by atoms with Gasteiger partial charge in [-0.3, -0.25) is 4.79 Å². The molecule has 0 aliphatic carbocycles. The number of nitrogens with one attached hydrogen (secondary N) is 1. The van der Waals surface area contributed by atoms with Crippen molar-refractivity contribution in [1.29, 1.82) is 0 Å². The minimum atomic E-state index is -0.134. The number of carbonyl (C=O) groups is 1. The van der Waals surface area contributed by atoms with Gasteiger partial charge in [0.15, 0.2) is 0 Å². The van der Waals surface area contributed by atoms with Crippen molar-refractivity contribution in [3.8, 4) is 17.2 Å². The number of nitrogens with zero attached hydrogens (tertiary/aromatic N) is 2. The highest BCUT2D eigenvalue weighted by Gasteiger charge is 2.12. The second-order valence-electron chi connectivity index (χ2n) is 4.76. The molecule has 0 atom stereocenters. The van der Waals surface area contributed by atoms with Crippen LogP contribution < -0.4 is 10.1 Å². The molecule has 3 aromatic rings. The summed E-state index contributed by atoms with van der Waals surface area (Å²) in [5.74, 6) is 1.41. The predicted octanol–water partition coefficient (Wildman–Crippen LogP) is 3.38. The van der Waals surface area contributed by atoms with E-state index in [1.165, 1.54) is 0 Å². The zero-order valence-electron chi connectivity index (χ0n) is 12.5. The highest BCUT2D eigenvalue weighted by molar-refractivity contribution is 7.08. The average Bonchev–Trinajstić information content (AvgIpc) is 3.24. The summed E-state index contributed by atoms with van der Waals surface area (Å²) >= 11 is 1.56. The van der Waals surface area contributed by atoms with Crippen molar-refractivity contribution >= 4 is 22.9 Å². The van der Waals surface area contributed by atoms with Crippen LogP contribution in [0, 0.1) is 0 Å². The number of methoxy groups -OCH3 is 1. The summed E-state index contributed by atoms with van der Waals surface area (Å²) in [4.78, 5) is 12.0. The number of benzene rings is 1. The van der Waals surface area contributed by atoms with E-state index in [0.29, 0.717) is 29.6 Å². The third-order valence-corrected chi connectivity index (χ3v) is 3.87. The van der Waals surface area contributed by atoms with Gasteiger partial charge in [-0.15, -0.1) is 10.2 Å². The first-order valence-electron chi connectivity index (χ1n) is 7.04. The molecule has 23 heavy (non-hydrogen) atoms. The van der Waals surface area contributed by atoms with E-state index in [-0.39, 0.29) is 12.3 Å². The summed E-state index contributed by atoms with van der Waals surface area (Å²) in [6.07, 6.45) is 0.640. The summed E-state index contributed by atoms with van der Waals surface area (Å²) in [7, 11) is 1.56. The average molecular weight is 329 g/mol. The van der Waals surface area contributed by atoms with Gasteiger partial charge in [0.25, 0.3) is 0 Å². The van der Waals surface area contributed by atoms with Gasteiger partial charge < -0.3 is 14.5 Å². The van der Waals surface area contributed by atoms with Gasteiger partial charge in [-0.25, -0.2) is 0 Å². The van der Waals surface area contributed by atoms with E-state index in [0.717, 1.165) is 5.56 Å². The van der Waals surface area contributed by atoms with E-state index in [9.17, 15) is 4.79 Å². The molecule has 0 aliphatic rings. The number of aryl methyl sites for hydroxylation is 1. The van der Waals surface area contributed by atoms with Crippen LogP contribution in [0.15, 0.2) is 45.5 Å². The molecular formula is C16H15N3O3S. The van der Waals surface area contributed by atoms with Crippen LogP contribution in [0.4, 0.5) is 5.69 Å². The molecule has 0 saturated carbocycles. The van der Waals surface area contributed by atoms with Gasteiger partial charge in [-0.2, -0.15) is 11.3 Å². The number of hydrogen-bond acceptors (Lipinski definition) is 6. The fraction of sp³-hybridized carbons (Fsp3) is 0.188. The highest BCUT2D eigenvalue weighted by Crippen LogP contribution is 2.23. The van der Waals surface area contributed by atoms with E-state index in [2.05, 4.69) is 15.5 Å². The molecule has 0 spiro atoms. The number of carbonyl (C=O) groups excluding carboxylic acids is 1. The molecule has 3 rings (SSSR count). The molecule has 0 bridgehead atoms. The molecule has 0 unspecified atom stereocenters. The van der Waals surface area contributed by atoms with E-state index >= 15 is 0 Å². The lowest BCUT2D eigenvalue weighted by molar-refractivity contribution is -0.116. The van der Waals surface area contributed by atoms with Gasteiger partial charge in [-0.05, 0) is 23.6 Å². The SMILES string of the molecule is COc1ccccc1NC(=O)CCc1nnc(-c2ccsc2)o1. The number of anilines is 1. The molecule has 7 heteroatoms. The molecular weight excluding hydrogens is 314 g/mol. The zero-order chi connectivity index (χ0) is 16.1. The monoisotopic (exact) mass is 329 g/mol. The largest absolute Gasteiger partial charge is 0.495 e. The van der Waals surface area contributed by atoms with Crippen molar-refractivity contribution in [2.45, 2.75) is 12.8 Å². The molecule has 1 N–H and O–H groups in total. The zero-order valence-corrected chi connectivity index (χ0v) is 13.3. The minimum absolute atomic E-state index is 0.134. The van der Waals surface area contributed by atoms with E-state index in [4.69, 9.17) is 9.15 Å². The number of hydrogen-bond donors (Lipinski definition) is 1. The number of ether oxygens (including phenoxy) is 1. The molecule has 2 heterocycles. The smallest absolute Gasteiger partial charge is 0.248 e. The van der Waals surface area contributed by atoms with Gasteiger partial charge in [0.1, 0.15) is 5.75 Å². The Balaban J connectivity index is 1.57. The van der Waals surface area contributed by atoms with Crippen molar-refractivity contribution in [2.24, 2.45) is 0 Å². The fourth-order valence-electron chi connectivity index (χ4n) is 2.04. The third kappa shape index (κ3) is 3.75. The molecule has 118 valence electrons. The van der Waals surface area contributed by atoms with Gasteiger partial charge in [0, 0.05) is 23.8 Å². The van der Waals surface area contributed by atoms with Gasteiger partial charge in [-0.1, -0.05) is 12.1 Å². The van der Waals surface area contributed by atoms with E-state index < -0.39 is 0 Å². The van der Waals surface area contributed by atoms with Crippen molar-refractivity contribution in [3.63, 3.8) is 0 Å². The van der Waals surface area contributed by atoms with Crippen LogP contribution in [0.1, 0.15) is 12.3 Å². The Morgan fingerprint density at radius 3 is 2.96 bits per heavy atom. The Kier molecular flexibility index (Phi) is 4.68. The van der Waals surface area contributed by atoms with Gasteiger partial charge in [0.05, 0.1) is 12.8 Å². The van der Waals surface area contributed by atoms with Gasteiger partial charge in [0.2, 0.25) is 17.7 Å². The molecule has 1 aromatic carbocycles. The summed E-state index contributed by atoms with van der Waals surface area (Å²) < 4.78 is 10.8. The minimum Gasteiger partial charge on any atom is -0.495 e. The normalized spacial score (nSPS) is 10.5. The molecule has 0 saturated heterocycles. The number of aromatic nitrogens is 2. The van der Waals surface area contributed by atoms with Crippen molar-refractivity contribution in [3.05, 3.63) is 47.0 Å². The Bertz CT molecular complexity index is 783. The summed E-state index contributed by atoms with van der Waals surface area (Å²) in [6, 6.07) is 9.18. The lowest BCUT2D eigenvalue weighted by Crippen LogP contribution is -2.13. The maximum Gasteiger partial charge on any atom is 0.248 e. The maximum atomic E-state index is 12.0. The molecule has 6 nitrogen and oxygen atoms in total. The number of amides is 1. The van der Waals surface area contributed by atoms with Crippen LogP contribution in [0.5, 0.6) is 5.75 Å². The van der Waals surface area contributed by atoms with Crippen LogP contribution in [0.25, 0.3) is 11.5 Å². The highest BCUT2D eigenvalue weighted by atomic mass is 32.1. The Hall–Kier alpha value is -2.67. The first kappa shape index (κ1) is 15.2. The first-order chi connectivity index (χ1) is 11.3. The maximum absolute atomic E-state index is 12.0. The van der Waals surface area contributed by atoms with Crippen LogP contribution >= 0.6 is 11.3 Å². The topological polar surface area (TPSA) is 77.2 Å². The first-order valence-corrected chi connectivity index (χ1v) is 7.98. The van der Waals surface area contributed by atoms with Crippen molar-refractivity contribution in [2.75, 3.05) is 12.4 Å². The summed E-state index contributed by atoms with van der Waals surface area (Å²) in [5.41, 5.74) is 1.54. The van der Waals surface area contributed by atoms with Crippen LogP contribution in [0.3, 0.4) is 0 Å². The Morgan fingerprint density at radius 2 is 2.17 bits per heavy atom. The molecule has 0 radical (unpaired) electrons. The van der Waals surface area contributed by atoms with Crippen LogP contribution in [-0.2, 0) is 11.2 Å². The van der Waals surface area contributed by atoms with E-state index in [1.807, 2.05) is 29.0 Å². The lowest BCUT2D eigenvalue weighted by Gasteiger charge is -2.09. The summed E-state index contributed by atoms with van der Waals surface area (Å²) in [5, 5.41) is 14.6. The van der Waals surface area contributed by atoms with Crippen molar-refractivity contribution < 1.29 is 13.9 Å². The van der Waals surface area contributed by atoms with Crippen LogP contribution in [-0.4, -0.2) is 23.2 Å². The Labute approximate surface area is 137 Å². The molecule has 1 amide bonds. The number of para-hydroxylation sites is 2. The second kappa shape index (κ2) is 7.06.